The molecule has 4 rings (SSSR count). The van der Waals surface area contributed by atoms with Gasteiger partial charge in [0.2, 0.25) is 0 Å². The highest BCUT2D eigenvalue weighted by Gasteiger charge is 2.22. The predicted molar refractivity (Wildman–Crippen MR) is 119 cm³/mol. The van der Waals surface area contributed by atoms with Crippen LogP contribution in [-0.2, 0) is 6.42 Å². The molecule has 1 N–H and O–H groups in total. The van der Waals surface area contributed by atoms with E-state index in [1.165, 1.54) is 4.88 Å². The normalized spacial score (nSPS) is 18.5. The summed E-state index contributed by atoms with van der Waals surface area (Å²) < 4.78 is 0.410. The highest BCUT2D eigenvalue weighted by Crippen LogP contribution is 2.40. The Hall–Kier alpha value is -1.95. The van der Waals surface area contributed by atoms with Crippen LogP contribution in [0.4, 0.5) is 11.4 Å². The van der Waals surface area contributed by atoms with E-state index in [9.17, 15) is 0 Å². The summed E-state index contributed by atoms with van der Waals surface area (Å²) in [6.07, 6.45) is 3.19. The van der Waals surface area contributed by atoms with Gasteiger partial charge in [0.25, 0.3) is 0 Å². The second-order valence-corrected chi connectivity index (χ2v) is 9.53. The lowest BCUT2D eigenvalue weighted by molar-refractivity contribution is 1.15. The van der Waals surface area contributed by atoms with Gasteiger partial charge in [0.1, 0.15) is 5.04 Å². The first kappa shape index (κ1) is 17.5. The molecule has 1 aliphatic heterocycles. The molecule has 1 aliphatic rings. The van der Waals surface area contributed by atoms with Crippen LogP contribution in [0.2, 0.25) is 0 Å². The summed E-state index contributed by atoms with van der Waals surface area (Å²) in [6, 6.07) is 24.8. The maximum atomic E-state index is 4.84. The molecule has 0 saturated carbocycles. The van der Waals surface area contributed by atoms with E-state index < -0.39 is 0 Å². The summed E-state index contributed by atoms with van der Waals surface area (Å²) in [6.45, 7) is 0. The maximum absolute atomic E-state index is 4.84. The van der Waals surface area contributed by atoms with Crippen molar-refractivity contribution in [3.8, 4) is 0 Å². The van der Waals surface area contributed by atoms with Crippen LogP contribution in [0, 0.1) is 0 Å². The number of aliphatic imine (C=N–C) groups is 1. The van der Waals surface area contributed by atoms with Gasteiger partial charge in [-0.2, -0.15) is 0 Å². The monoisotopic (exact) mass is 394 g/mol. The van der Waals surface area contributed by atoms with Crippen LogP contribution in [0.25, 0.3) is 0 Å². The first-order valence-electron chi connectivity index (χ1n) is 8.38. The summed E-state index contributed by atoms with van der Waals surface area (Å²) >= 11 is 5.54. The number of thioether (sulfide) groups is 2. The van der Waals surface area contributed by atoms with Gasteiger partial charge in [-0.15, -0.1) is 11.3 Å². The molecule has 5 heteroatoms. The molecular weight excluding hydrogens is 376 g/mol. The number of para-hydroxylation sites is 2. The Labute approximate surface area is 166 Å². The van der Waals surface area contributed by atoms with Crippen molar-refractivity contribution < 1.29 is 0 Å². The highest BCUT2D eigenvalue weighted by molar-refractivity contribution is 8.27. The Balaban J connectivity index is 1.58. The number of rotatable bonds is 5. The van der Waals surface area contributed by atoms with Crippen molar-refractivity contribution >= 4 is 51.3 Å². The van der Waals surface area contributed by atoms with Gasteiger partial charge in [0.05, 0.1) is 15.3 Å². The average Bonchev–Trinajstić information content (AvgIpc) is 3.16. The van der Waals surface area contributed by atoms with E-state index in [1.807, 2.05) is 83.4 Å². The van der Waals surface area contributed by atoms with Crippen molar-refractivity contribution in [3.63, 3.8) is 0 Å². The maximum Gasteiger partial charge on any atom is 0.100 e. The molecule has 2 aromatic carbocycles. The molecule has 1 unspecified atom stereocenters. The van der Waals surface area contributed by atoms with Gasteiger partial charge in [0, 0.05) is 23.1 Å². The standard InChI is InChI=1S/C21H18N2S3/c1-3-8-16(9-4-1)22-19-15-20(23-17-10-5-2-6-11-17)26-21(25-19)14-18-12-7-13-24-18/h1-13,15,21-22H,14H2. The topological polar surface area (TPSA) is 24.4 Å². The third-order valence-electron chi connectivity index (χ3n) is 3.75. The van der Waals surface area contributed by atoms with Crippen LogP contribution in [0.15, 0.2) is 94.3 Å². The van der Waals surface area contributed by atoms with Crippen LogP contribution < -0.4 is 5.32 Å². The van der Waals surface area contributed by atoms with Crippen molar-refractivity contribution in [3.05, 3.63) is 94.2 Å². The lowest BCUT2D eigenvalue weighted by Crippen LogP contribution is -2.13. The summed E-state index contributed by atoms with van der Waals surface area (Å²) in [5, 5.41) is 7.88. The van der Waals surface area contributed by atoms with E-state index in [2.05, 4.69) is 41.0 Å². The molecule has 0 amide bonds. The number of anilines is 1. The van der Waals surface area contributed by atoms with E-state index in [-0.39, 0.29) is 0 Å². The fourth-order valence-corrected chi connectivity index (χ4v) is 6.19. The molecule has 1 aromatic heterocycles. The molecule has 26 heavy (non-hydrogen) atoms. The average molecular weight is 395 g/mol. The van der Waals surface area contributed by atoms with Crippen LogP contribution in [0.1, 0.15) is 4.88 Å². The minimum absolute atomic E-state index is 0.410. The van der Waals surface area contributed by atoms with Gasteiger partial charge in [-0.25, -0.2) is 4.99 Å². The number of thiophene rings is 1. The van der Waals surface area contributed by atoms with Gasteiger partial charge in [0.15, 0.2) is 0 Å². The van der Waals surface area contributed by atoms with Gasteiger partial charge in [-0.05, 0) is 35.7 Å². The number of nitrogens with one attached hydrogen (secondary N) is 1. The van der Waals surface area contributed by atoms with E-state index in [4.69, 9.17) is 4.99 Å². The summed E-state index contributed by atoms with van der Waals surface area (Å²) in [7, 11) is 0. The van der Waals surface area contributed by atoms with Crippen LogP contribution in [0.3, 0.4) is 0 Å². The number of benzene rings is 2. The third-order valence-corrected chi connectivity index (χ3v) is 7.01. The van der Waals surface area contributed by atoms with Crippen LogP contribution in [0.5, 0.6) is 0 Å². The Morgan fingerprint density at radius 2 is 1.62 bits per heavy atom. The first-order chi connectivity index (χ1) is 12.8. The lowest BCUT2D eigenvalue weighted by atomic mass is 10.3. The minimum Gasteiger partial charge on any atom is -0.350 e. The molecule has 0 saturated heterocycles. The number of hydrogen-bond acceptors (Lipinski definition) is 5. The van der Waals surface area contributed by atoms with Crippen molar-refractivity contribution in [2.75, 3.05) is 5.32 Å². The number of hydrogen-bond donors (Lipinski definition) is 1. The fraction of sp³-hybridized carbons (Fsp3) is 0.0952. The molecule has 1 atom stereocenters. The number of nitrogens with zero attached hydrogens (tertiary/aromatic N) is 1. The second kappa shape index (κ2) is 8.62. The van der Waals surface area contributed by atoms with E-state index >= 15 is 0 Å². The zero-order valence-electron chi connectivity index (χ0n) is 14.0. The zero-order valence-corrected chi connectivity index (χ0v) is 16.5. The van der Waals surface area contributed by atoms with E-state index in [0.717, 1.165) is 27.9 Å². The molecule has 0 radical (unpaired) electrons. The molecule has 0 spiro atoms. The van der Waals surface area contributed by atoms with Crippen LogP contribution in [-0.4, -0.2) is 9.63 Å². The molecule has 2 nitrogen and oxygen atoms in total. The smallest absolute Gasteiger partial charge is 0.100 e. The molecule has 3 aromatic rings. The highest BCUT2D eigenvalue weighted by atomic mass is 32.2. The van der Waals surface area contributed by atoms with Crippen molar-refractivity contribution in [2.24, 2.45) is 4.99 Å². The Kier molecular flexibility index (Phi) is 5.79. The minimum atomic E-state index is 0.410. The van der Waals surface area contributed by atoms with Crippen LogP contribution >= 0.6 is 34.9 Å². The second-order valence-electron chi connectivity index (χ2n) is 5.73. The molecule has 2 heterocycles. The van der Waals surface area contributed by atoms with E-state index in [1.54, 1.807) is 0 Å². The molecular formula is C21H18N2S3. The SMILES string of the molecule is C1=C(Nc2ccccc2)SC(Cc2cccs2)SC1=Nc1ccccc1. The lowest BCUT2D eigenvalue weighted by Gasteiger charge is -2.23. The largest absolute Gasteiger partial charge is 0.350 e. The van der Waals surface area contributed by atoms with Gasteiger partial charge >= 0.3 is 0 Å². The van der Waals surface area contributed by atoms with Crippen molar-refractivity contribution in [2.45, 2.75) is 11.0 Å². The quantitative estimate of drug-likeness (QED) is 0.516. The Bertz CT molecular complexity index is 888. The summed E-state index contributed by atoms with van der Waals surface area (Å²) in [5.74, 6) is 0. The van der Waals surface area contributed by atoms with Gasteiger partial charge in [-0.3, -0.25) is 0 Å². The summed E-state index contributed by atoms with van der Waals surface area (Å²) in [4.78, 5) is 6.25. The Morgan fingerprint density at radius 1 is 0.846 bits per heavy atom. The van der Waals surface area contributed by atoms with Crippen molar-refractivity contribution in [1.82, 2.24) is 0 Å². The predicted octanol–water partition coefficient (Wildman–Crippen LogP) is 6.78. The van der Waals surface area contributed by atoms with Gasteiger partial charge < -0.3 is 5.32 Å². The Morgan fingerprint density at radius 3 is 2.35 bits per heavy atom. The molecule has 0 bridgehead atoms. The molecule has 130 valence electrons. The van der Waals surface area contributed by atoms with Gasteiger partial charge in [-0.1, -0.05) is 66.0 Å². The first-order valence-corrected chi connectivity index (χ1v) is 11.0. The van der Waals surface area contributed by atoms with E-state index in [0.29, 0.717) is 4.58 Å². The zero-order chi connectivity index (χ0) is 17.6. The molecule has 0 aliphatic carbocycles. The third kappa shape index (κ3) is 4.81. The molecule has 0 fully saturated rings. The van der Waals surface area contributed by atoms with Crippen molar-refractivity contribution in [1.29, 1.82) is 0 Å². The fourth-order valence-electron chi connectivity index (χ4n) is 2.57. The summed E-state index contributed by atoms with van der Waals surface area (Å²) in [5.41, 5.74) is 2.10.